The molecule has 1 aliphatic rings. The number of halogens is 1. The Morgan fingerprint density at radius 2 is 1.82 bits per heavy atom. The highest BCUT2D eigenvalue weighted by molar-refractivity contribution is 7.92. The largest absolute Gasteiger partial charge is 0.378 e. The average molecular weight is 500 g/mol. The van der Waals surface area contributed by atoms with Crippen LogP contribution in [0.3, 0.4) is 0 Å². The zero-order chi connectivity index (χ0) is 24.0. The van der Waals surface area contributed by atoms with E-state index in [-0.39, 0.29) is 17.1 Å². The molecule has 0 saturated carbocycles. The fourth-order valence-electron chi connectivity index (χ4n) is 3.78. The Morgan fingerprint density at radius 1 is 1.06 bits per heavy atom. The number of hydrogen-bond donors (Lipinski definition) is 1. The van der Waals surface area contributed by atoms with Crippen LogP contribution in [0, 0.1) is 0 Å². The molecule has 1 aliphatic heterocycles. The Balaban J connectivity index is 1.36. The number of benzene rings is 2. The Bertz CT molecular complexity index is 1230. The van der Waals surface area contributed by atoms with Crippen LogP contribution in [0.1, 0.15) is 17.5 Å². The van der Waals surface area contributed by atoms with E-state index in [0.717, 1.165) is 29.9 Å². The van der Waals surface area contributed by atoms with E-state index in [0.29, 0.717) is 36.8 Å². The van der Waals surface area contributed by atoms with E-state index in [1.165, 1.54) is 12.1 Å². The first-order valence-corrected chi connectivity index (χ1v) is 12.9. The first-order chi connectivity index (χ1) is 16.4. The van der Waals surface area contributed by atoms with Crippen molar-refractivity contribution < 1.29 is 17.9 Å². The number of carbonyl (C=O) groups is 1. The van der Waals surface area contributed by atoms with Crippen LogP contribution in [-0.2, 0) is 32.4 Å². The lowest BCUT2D eigenvalue weighted by Gasteiger charge is -2.29. The van der Waals surface area contributed by atoms with E-state index in [4.69, 9.17) is 16.3 Å². The minimum absolute atomic E-state index is 0.0904. The summed E-state index contributed by atoms with van der Waals surface area (Å²) >= 11 is 6.42. The minimum Gasteiger partial charge on any atom is -0.378 e. The number of rotatable bonds is 9. The summed E-state index contributed by atoms with van der Waals surface area (Å²) in [6.45, 7) is 2.75. The normalized spacial score (nSPS) is 14.1. The lowest BCUT2D eigenvalue weighted by Crippen LogP contribution is -2.36. The molecule has 2 aromatic carbocycles. The first-order valence-electron chi connectivity index (χ1n) is 11.1. The molecular weight excluding hydrogens is 474 g/mol. The van der Waals surface area contributed by atoms with Crippen LogP contribution < -0.4 is 9.62 Å². The third kappa shape index (κ3) is 6.34. The summed E-state index contributed by atoms with van der Waals surface area (Å²) in [5.41, 5.74) is 3.02. The van der Waals surface area contributed by atoms with Crippen molar-refractivity contribution >= 4 is 38.8 Å². The second-order valence-electron chi connectivity index (χ2n) is 8.09. The number of sulfonamides is 1. The number of aromatic nitrogens is 1. The Hall–Kier alpha value is -2.94. The number of nitrogens with zero attached hydrogens (tertiary/aromatic N) is 2. The lowest BCUT2D eigenvalue weighted by molar-refractivity contribution is -0.118. The molecule has 0 atom stereocenters. The topological polar surface area (TPSA) is 88.6 Å². The fourth-order valence-corrected chi connectivity index (χ4v) is 5.13. The number of morpholine rings is 1. The Kier molecular flexibility index (Phi) is 7.82. The molecule has 9 heteroatoms. The molecule has 7 nitrogen and oxygen atoms in total. The van der Waals surface area contributed by atoms with Crippen molar-refractivity contribution in [2.24, 2.45) is 0 Å². The van der Waals surface area contributed by atoms with Gasteiger partial charge in [0.2, 0.25) is 0 Å². The van der Waals surface area contributed by atoms with Gasteiger partial charge in [-0.05, 0) is 53.9 Å². The van der Waals surface area contributed by atoms with E-state index in [1.807, 2.05) is 18.2 Å². The summed E-state index contributed by atoms with van der Waals surface area (Å²) in [7, 11) is -3.79. The van der Waals surface area contributed by atoms with Gasteiger partial charge in [-0.15, -0.1) is 0 Å². The fraction of sp³-hybridized carbons (Fsp3) is 0.280. The monoisotopic (exact) mass is 499 g/mol. The van der Waals surface area contributed by atoms with Gasteiger partial charge in [-0.2, -0.15) is 0 Å². The quantitative estimate of drug-likeness (QED) is 0.476. The molecule has 1 fully saturated rings. The third-order valence-electron chi connectivity index (χ3n) is 5.60. The average Bonchev–Trinajstić information content (AvgIpc) is 2.84. The Morgan fingerprint density at radius 3 is 2.50 bits per heavy atom. The maximum Gasteiger partial charge on any atom is 0.261 e. The van der Waals surface area contributed by atoms with Crippen molar-refractivity contribution in [2.75, 3.05) is 35.9 Å². The first kappa shape index (κ1) is 24.2. The van der Waals surface area contributed by atoms with Crippen LogP contribution in [0.25, 0.3) is 0 Å². The predicted molar refractivity (Wildman–Crippen MR) is 133 cm³/mol. The maximum atomic E-state index is 12.8. The minimum atomic E-state index is -3.79. The molecule has 34 heavy (non-hydrogen) atoms. The van der Waals surface area contributed by atoms with Crippen molar-refractivity contribution in [1.82, 2.24) is 4.98 Å². The SMILES string of the molecule is O=C(CCc1cccnc1)Cc1ccc(S(=O)(=O)Nc2ccc(N3CCOCC3)c(Cl)c2)cc1. The number of aryl methyl sites for hydroxylation is 1. The van der Waals surface area contributed by atoms with E-state index >= 15 is 0 Å². The standard InChI is InChI=1S/C25H26ClN3O4S/c26-24-17-21(6-10-25(24)29-12-14-33-15-13-29)28-34(31,32)23-8-4-19(5-9-23)16-22(30)7-3-20-2-1-11-27-18-20/h1-2,4-6,8-11,17-18,28H,3,7,12-16H2. The van der Waals surface area contributed by atoms with Gasteiger partial charge < -0.3 is 9.64 Å². The zero-order valence-corrected chi connectivity index (χ0v) is 20.2. The van der Waals surface area contributed by atoms with E-state index < -0.39 is 10.0 Å². The van der Waals surface area contributed by atoms with Crippen LogP contribution in [0.4, 0.5) is 11.4 Å². The number of carbonyl (C=O) groups excluding carboxylic acids is 1. The van der Waals surface area contributed by atoms with Gasteiger partial charge in [0.05, 0.1) is 34.5 Å². The maximum absolute atomic E-state index is 12.8. The number of ether oxygens (including phenoxy) is 1. The summed E-state index contributed by atoms with van der Waals surface area (Å²) in [5.74, 6) is 0.0904. The third-order valence-corrected chi connectivity index (χ3v) is 7.30. The summed E-state index contributed by atoms with van der Waals surface area (Å²) in [6.07, 6.45) is 4.76. The van der Waals surface area contributed by atoms with Gasteiger partial charge in [0.15, 0.2) is 0 Å². The van der Waals surface area contributed by atoms with Crippen LogP contribution in [-0.4, -0.2) is 45.5 Å². The summed E-state index contributed by atoms with van der Waals surface area (Å²) in [6, 6.07) is 15.3. The zero-order valence-electron chi connectivity index (χ0n) is 18.6. The molecule has 0 spiro atoms. The molecule has 0 bridgehead atoms. The van der Waals surface area contributed by atoms with Gasteiger partial charge in [0.1, 0.15) is 5.78 Å². The van der Waals surface area contributed by atoms with Crippen LogP contribution in [0.5, 0.6) is 0 Å². The second-order valence-corrected chi connectivity index (χ2v) is 10.2. The number of nitrogens with one attached hydrogen (secondary N) is 1. The highest BCUT2D eigenvalue weighted by Gasteiger charge is 2.18. The highest BCUT2D eigenvalue weighted by atomic mass is 35.5. The van der Waals surface area contributed by atoms with Crippen molar-refractivity contribution in [3.8, 4) is 0 Å². The molecule has 178 valence electrons. The van der Waals surface area contributed by atoms with Gasteiger partial charge in [-0.25, -0.2) is 8.42 Å². The van der Waals surface area contributed by atoms with Gasteiger partial charge in [-0.3, -0.25) is 14.5 Å². The predicted octanol–water partition coefficient (Wildman–Crippen LogP) is 4.12. The van der Waals surface area contributed by atoms with Crippen LogP contribution in [0.15, 0.2) is 71.9 Å². The molecule has 0 unspecified atom stereocenters. The van der Waals surface area contributed by atoms with Crippen molar-refractivity contribution in [3.63, 3.8) is 0 Å². The molecular formula is C25H26ClN3O4S. The molecule has 1 saturated heterocycles. The molecule has 0 radical (unpaired) electrons. The van der Waals surface area contributed by atoms with Gasteiger partial charge in [-0.1, -0.05) is 29.8 Å². The molecule has 0 amide bonds. The van der Waals surface area contributed by atoms with Crippen molar-refractivity contribution in [2.45, 2.75) is 24.2 Å². The number of Topliss-reactive ketones (excluding diaryl/α,β-unsaturated/α-hetero) is 1. The summed E-state index contributed by atoms with van der Waals surface area (Å²) in [4.78, 5) is 18.6. The number of ketones is 1. The van der Waals surface area contributed by atoms with Gasteiger partial charge >= 0.3 is 0 Å². The van der Waals surface area contributed by atoms with Crippen molar-refractivity contribution in [3.05, 3.63) is 83.1 Å². The number of anilines is 2. The molecule has 4 rings (SSSR count). The molecule has 0 aliphatic carbocycles. The van der Waals surface area contributed by atoms with E-state index in [9.17, 15) is 13.2 Å². The number of hydrogen-bond acceptors (Lipinski definition) is 6. The van der Waals surface area contributed by atoms with Gasteiger partial charge in [0, 0.05) is 38.3 Å². The lowest BCUT2D eigenvalue weighted by atomic mass is 10.0. The van der Waals surface area contributed by atoms with E-state index in [1.54, 1.807) is 36.7 Å². The molecule has 3 aromatic rings. The molecule has 1 aromatic heterocycles. The molecule has 2 heterocycles. The van der Waals surface area contributed by atoms with E-state index in [2.05, 4.69) is 14.6 Å². The summed E-state index contributed by atoms with van der Waals surface area (Å²) < 4.78 is 33.6. The van der Waals surface area contributed by atoms with Gasteiger partial charge in [0.25, 0.3) is 10.0 Å². The summed E-state index contributed by atoms with van der Waals surface area (Å²) in [5, 5.41) is 0.474. The second kappa shape index (κ2) is 11.0. The highest BCUT2D eigenvalue weighted by Crippen LogP contribution is 2.30. The van der Waals surface area contributed by atoms with Crippen LogP contribution in [0.2, 0.25) is 5.02 Å². The van der Waals surface area contributed by atoms with Crippen LogP contribution >= 0.6 is 11.6 Å². The molecule has 1 N–H and O–H groups in total. The smallest absolute Gasteiger partial charge is 0.261 e. The number of pyridine rings is 1. The van der Waals surface area contributed by atoms with Crippen molar-refractivity contribution in [1.29, 1.82) is 0 Å². The Labute approximate surface area is 204 Å².